The molecule has 0 saturated heterocycles. The van der Waals surface area contributed by atoms with Crippen LogP contribution in [-0.4, -0.2) is 24.7 Å². The van der Waals surface area contributed by atoms with Crippen molar-refractivity contribution in [3.8, 4) is 0 Å². The zero-order valence-electron chi connectivity index (χ0n) is 10.8. The van der Waals surface area contributed by atoms with E-state index in [4.69, 9.17) is 4.74 Å². The Labute approximate surface area is 98.9 Å². The fourth-order valence-electron chi connectivity index (χ4n) is 2.11. The lowest BCUT2D eigenvalue weighted by Gasteiger charge is -2.26. The molecule has 0 aromatic heterocycles. The quantitative estimate of drug-likeness (QED) is 0.733. The average Bonchev–Trinajstić information content (AvgIpc) is 2.26. The lowest BCUT2D eigenvalue weighted by molar-refractivity contribution is -0.150. The van der Waals surface area contributed by atoms with E-state index in [0.717, 1.165) is 19.3 Å². The number of carbonyl (C=O) groups excluding carboxylic acids is 1. The third-order valence-corrected chi connectivity index (χ3v) is 3.39. The number of esters is 1. The molecule has 1 fully saturated rings. The van der Waals surface area contributed by atoms with Crippen LogP contribution in [0.15, 0.2) is 0 Å². The first kappa shape index (κ1) is 13.5. The molecule has 1 rings (SSSR count). The maximum Gasteiger partial charge on any atom is 0.320 e. The molecule has 0 heterocycles. The highest BCUT2D eigenvalue weighted by molar-refractivity contribution is 5.71. The number of carbonyl (C=O) groups is 1. The van der Waals surface area contributed by atoms with Crippen LogP contribution < -0.4 is 5.32 Å². The molecule has 0 bridgehead atoms. The predicted molar refractivity (Wildman–Crippen MR) is 65.3 cm³/mol. The SMILES string of the molecule is CCC(C)NCC(=O)OC1CCCC(C)C1. The largest absolute Gasteiger partial charge is 0.461 e. The number of hydrogen-bond donors (Lipinski definition) is 1. The second-order valence-electron chi connectivity index (χ2n) is 5.07. The van der Waals surface area contributed by atoms with Gasteiger partial charge >= 0.3 is 5.97 Å². The van der Waals surface area contributed by atoms with Gasteiger partial charge in [-0.3, -0.25) is 4.79 Å². The molecule has 0 aromatic carbocycles. The van der Waals surface area contributed by atoms with Gasteiger partial charge in [-0.25, -0.2) is 0 Å². The summed E-state index contributed by atoms with van der Waals surface area (Å²) in [5, 5.41) is 3.16. The molecule has 1 saturated carbocycles. The van der Waals surface area contributed by atoms with Crippen molar-refractivity contribution in [2.24, 2.45) is 5.92 Å². The van der Waals surface area contributed by atoms with Crippen LogP contribution in [0.25, 0.3) is 0 Å². The third kappa shape index (κ3) is 4.97. The van der Waals surface area contributed by atoms with Crippen LogP contribution >= 0.6 is 0 Å². The van der Waals surface area contributed by atoms with Crippen LogP contribution in [0.1, 0.15) is 52.9 Å². The topological polar surface area (TPSA) is 38.3 Å². The summed E-state index contributed by atoms with van der Waals surface area (Å²) in [6.07, 6.45) is 5.74. The molecule has 94 valence electrons. The Hall–Kier alpha value is -0.570. The van der Waals surface area contributed by atoms with Gasteiger partial charge in [0.1, 0.15) is 6.10 Å². The fraction of sp³-hybridized carbons (Fsp3) is 0.923. The Balaban J connectivity index is 2.18. The van der Waals surface area contributed by atoms with Crippen molar-refractivity contribution in [1.82, 2.24) is 5.32 Å². The molecule has 3 nitrogen and oxygen atoms in total. The Bertz CT molecular complexity index is 218. The molecular formula is C13H25NO2. The van der Waals surface area contributed by atoms with E-state index in [2.05, 4.69) is 26.1 Å². The molecule has 0 spiro atoms. The van der Waals surface area contributed by atoms with Crippen molar-refractivity contribution >= 4 is 5.97 Å². The summed E-state index contributed by atoms with van der Waals surface area (Å²) in [6, 6.07) is 0.387. The second-order valence-corrected chi connectivity index (χ2v) is 5.07. The lowest BCUT2D eigenvalue weighted by atomic mass is 9.89. The molecule has 3 heteroatoms. The number of hydrogen-bond acceptors (Lipinski definition) is 3. The average molecular weight is 227 g/mol. The first-order chi connectivity index (χ1) is 7.61. The Morgan fingerprint density at radius 1 is 1.50 bits per heavy atom. The fourth-order valence-corrected chi connectivity index (χ4v) is 2.11. The van der Waals surface area contributed by atoms with Gasteiger partial charge < -0.3 is 10.1 Å². The zero-order chi connectivity index (χ0) is 12.0. The van der Waals surface area contributed by atoms with E-state index in [1.165, 1.54) is 12.8 Å². The monoisotopic (exact) mass is 227 g/mol. The molecule has 3 unspecified atom stereocenters. The summed E-state index contributed by atoms with van der Waals surface area (Å²) in [4.78, 5) is 11.6. The molecule has 0 amide bonds. The summed E-state index contributed by atoms with van der Waals surface area (Å²) >= 11 is 0. The van der Waals surface area contributed by atoms with Gasteiger partial charge in [-0.05, 0) is 38.5 Å². The van der Waals surface area contributed by atoms with Crippen LogP contribution in [0.5, 0.6) is 0 Å². The van der Waals surface area contributed by atoms with Crippen LogP contribution in [0.2, 0.25) is 0 Å². The first-order valence-corrected chi connectivity index (χ1v) is 6.54. The van der Waals surface area contributed by atoms with Gasteiger partial charge in [0.15, 0.2) is 0 Å². The summed E-state index contributed by atoms with van der Waals surface area (Å²) in [5.41, 5.74) is 0. The smallest absolute Gasteiger partial charge is 0.320 e. The predicted octanol–water partition coefficient (Wildman–Crippen LogP) is 2.50. The van der Waals surface area contributed by atoms with E-state index < -0.39 is 0 Å². The minimum Gasteiger partial charge on any atom is -0.461 e. The van der Waals surface area contributed by atoms with Crippen molar-refractivity contribution in [1.29, 1.82) is 0 Å². The Kier molecular flexibility index (Phi) is 5.81. The highest BCUT2D eigenvalue weighted by Crippen LogP contribution is 2.25. The molecule has 0 aliphatic heterocycles. The van der Waals surface area contributed by atoms with Gasteiger partial charge in [0, 0.05) is 6.04 Å². The third-order valence-electron chi connectivity index (χ3n) is 3.39. The van der Waals surface area contributed by atoms with Crippen molar-refractivity contribution < 1.29 is 9.53 Å². The van der Waals surface area contributed by atoms with Crippen LogP contribution in [-0.2, 0) is 9.53 Å². The van der Waals surface area contributed by atoms with Gasteiger partial charge in [-0.15, -0.1) is 0 Å². The summed E-state index contributed by atoms with van der Waals surface area (Å²) in [6.45, 7) is 6.76. The maximum atomic E-state index is 11.6. The van der Waals surface area contributed by atoms with Gasteiger partial charge in [-0.1, -0.05) is 20.3 Å². The highest BCUT2D eigenvalue weighted by atomic mass is 16.5. The summed E-state index contributed by atoms with van der Waals surface area (Å²) < 4.78 is 5.46. The van der Waals surface area contributed by atoms with E-state index in [1.807, 2.05) is 0 Å². The number of rotatable bonds is 5. The van der Waals surface area contributed by atoms with Gasteiger partial charge in [0.25, 0.3) is 0 Å². The maximum absolute atomic E-state index is 11.6. The van der Waals surface area contributed by atoms with Crippen LogP contribution in [0.3, 0.4) is 0 Å². The molecule has 0 aromatic rings. The summed E-state index contributed by atoms with van der Waals surface area (Å²) in [5.74, 6) is 0.605. The van der Waals surface area contributed by atoms with E-state index >= 15 is 0 Å². The molecule has 16 heavy (non-hydrogen) atoms. The Morgan fingerprint density at radius 3 is 2.88 bits per heavy atom. The number of nitrogens with one attached hydrogen (secondary N) is 1. The molecule has 1 aliphatic carbocycles. The lowest BCUT2D eigenvalue weighted by Crippen LogP contribution is -2.34. The van der Waals surface area contributed by atoms with Crippen molar-refractivity contribution in [3.05, 3.63) is 0 Å². The molecule has 1 N–H and O–H groups in total. The van der Waals surface area contributed by atoms with Crippen molar-refractivity contribution in [2.75, 3.05) is 6.54 Å². The normalized spacial score (nSPS) is 27.4. The van der Waals surface area contributed by atoms with Crippen molar-refractivity contribution in [3.63, 3.8) is 0 Å². The number of ether oxygens (including phenoxy) is 1. The molecule has 0 radical (unpaired) electrons. The van der Waals surface area contributed by atoms with Gasteiger partial charge in [0.05, 0.1) is 6.54 Å². The zero-order valence-corrected chi connectivity index (χ0v) is 10.8. The van der Waals surface area contributed by atoms with Crippen LogP contribution in [0.4, 0.5) is 0 Å². The van der Waals surface area contributed by atoms with E-state index in [1.54, 1.807) is 0 Å². The summed E-state index contributed by atoms with van der Waals surface area (Å²) in [7, 11) is 0. The van der Waals surface area contributed by atoms with Crippen molar-refractivity contribution in [2.45, 2.75) is 65.0 Å². The molecule has 3 atom stereocenters. The second kappa shape index (κ2) is 6.89. The minimum absolute atomic E-state index is 0.0978. The highest BCUT2D eigenvalue weighted by Gasteiger charge is 2.21. The van der Waals surface area contributed by atoms with E-state index in [0.29, 0.717) is 18.5 Å². The van der Waals surface area contributed by atoms with E-state index in [9.17, 15) is 4.79 Å². The standard InChI is InChI=1S/C13H25NO2/c1-4-11(3)14-9-13(15)16-12-7-5-6-10(2)8-12/h10-12,14H,4-9H2,1-3H3. The van der Waals surface area contributed by atoms with Crippen LogP contribution in [0, 0.1) is 5.92 Å². The minimum atomic E-state index is -0.0978. The Morgan fingerprint density at radius 2 is 2.25 bits per heavy atom. The van der Waals surface area contributed by atoms with Gasteiger partial charge in [0.2, 0.25) is 0 Å². The van der Waals surface area contributed by atoms with E-state index in [-0.39, 0.29) is 12.1 Å². The first-order valence-electron chi connectivity index (χ1n) is 6.54. The van der Waals surface area contributed by atoms with Gasteiger partial charge in [-0.2, -0.15) is 0 Å². The molecule has 1 aliphatic rings. The molecular weight excluding hydrogens is 202 g/mol.